The van der Waals surface area contributed by atoms with E-state index >= 15 is 0 Å². The molecule has 2 N–H and O–H groups in total. The summed E-state index contributed by atoms with van der Waals surface area (Å²) in [5.41, 5.74) is 3.74. The van der Waals surface area contributed by atoms with Crippen LogP contribution in [0.1, 0.15) is 51.7 Å². The van der Waals surface area contributed by atoms with Crippen LogP contribution in [-0.4, -0.2) is 23.8 Å². The summed E-state index contributed by atoms with van der Waals surface area (Å²) in [6.45, 7) is 2.83. The average Bonchev–Trinajstić information content (AvgIpc) is 3.18. The van der Waals surface area contributed by atoms with E-state index in [1.54, 1.807) is 23.6 Å². The molecule has 1 amide bonds. The van der Waals surface area contributed by atoms with Crippen molar-refractivity contribution in [2.75, 3.05) is 6.61 Å². The highest BCUT2D eigenvalue weighted by atomic mass is 127. The molecule has 1 aromatic heterocycles. The first-order valence-electron chi connectivity index (χ1n) is 10.7. The third-order valence-corrected chi connectivity index (χ3v) is 7.38. The van der Waals surface area contributed by atoms with E-state index in [2.05, 4.69) is 27.9 Å². The maximum Gasteiger partial charge on any atom is 0.254 e. The van der Waals surface area contributed by atoms with Crippen molar-refractivity contribution in [1.29, 1.82) is 0 Å². The predicted octanol–water partition coefficient (Wildman–Crippen LogP) is 6.02. The summed E-state index contributed by atoms with van der Waals surface area (Å²) in [5.74, 6) is 0.500. The van der Waals surface area contributed by atoms with E-state index in [1.165, 1.54) is 4.88 Å². The van der Waals surface area contributed by atoms with Crippen LogP contribution in [0.25, 0.3) is 0 Å². The minimum absolute atomic E-state index is 0.0734. The molecule has 0 atom stereocenters. The van der Waals surface area contributed by atoms with E-state index in [0.29, 0.717) is 28.0 Å². The minimum Gasteiger partial charge on any atom is -0.504 e. The standard InChI is InChI=1S/C25H25IN2O3S/c1-2-31-20-13-17(12-19(26)23(20)29)15-28-25-22(18-10-6-7-11-21(18)32-25)24(30)27-14-16-8-4-3-5-9-16/h3-5,8-9,12-13,15,29H,2,6-7,10-11,14H2,1H3,(H,27,30). The van der Waals surface area contributed by atoms with E-state index in [9.17, 15) is 9.90 Å². The molecule has 1 aliphatic carbocycles. The number of amides is 1. The van der Waals surface area contributed by atoms with Crippen LogP contribution >= 0.6 is 33.9 Å². The molecule has 2 aromatic carbocycles. The van der Waals surface area contributed by atoms with Gasteiger partial charge in [-0.25, -0.2) is 4.99 Å². The molecule has 5 nitrogen and oxygen atoms in total. The Hall–Kier alpha value is -2.39. The summed E-state index contributed by atoms with van der Waals surface area (Å²) < 4.78 is 6.23. The minimum atomic E-state index is -0.0734. The van der Waals surface area contributed by atoms with Gasteiger partial charge in [0.25, 0.3) is 5.91 Å². The number of ether oxygens (including phenoxy) is 1. The third-order valence-electron chi connectivity index (χ3n) is 5.36. The number of halogens is 1. The fourth-order valence-corrected chi connectivity index (χ4v) is 5.67. The van der Waals surface area contributed by atoms with Crippen molar-refractivity contribution in [3.63, 3.8) is 0 Å². The number of hydrogen-bond acceptors (Lipinski definition) is 5. The summed E-state index contributed by atoms with van der Waals surface area (Å²) in [6.07, 6.45) is 5.91. The highest BCUT2D eigenvalue weighted by Gasteiger charge is 2.25. The molecule has 7 heteroatoms. The first-order chi connectivity index (χ1) is 15.6. The molecular formula is C25H25IN2O3S. The summed E-state index contributed by atoms with van der Waals surface area (Å²) in [4.78, 5) is 19.2. The van der Waals surface area contributed by atoms with Crippen molar-refractivity contribution in [3.8, 4) is 11.5 Å². The monoisotopic (exact) mass is 560 g/mol. The molecule has 1 aliphatic rings. The highest BCUT2D eigenvalue weighted by Crippen LogP contribution is 2.40. The highest BCUT2D eigenvalue weighted by molar-refractivity contribution is 14.1. The van der Waals surface area contributed by atoms with Gasteiger partial charge in [-0.2, -0.15) is 0 Å². The molecule has 0 bridgehead atoms. The maximum absolute atomic E-state index is 13.2. The number of aryl methyl sites for hydroxylation is 1. The lowest BCUT2D eigenvalue weighted by molar-refractivity contribution is 0.0951. The number of phenols is 1. The molecule has 0 fully saturated rings. The van der Waals surface area contributed by atoms with E-state index in [1.807, 2.05) is 43.3 Å². The normalized spacial score (nSPS) is 13.2. The van der Waals surface area contributed by atoms with Crippen molar-refractivity contribution in [2.24, 2.45) is 4.99 Å². The number of carbonyl (C=O) groups excluding carboxylic acids is 1. The van der Waals surface area contributed by atoms with Crippen LogP contribution in [0.3, 0.4) is 0 Å². The molecule has 0 aliphatic heterocycles. The van der Waals surface area contributed by atoms with Gasteiger partial charge in [-0.3, -0.25) is 4.79 Å². The van der Waals surface area contributed by atoms with Gasteiger partial charge in [-0.05, 0) is 84.0 Å². The second-order valence-electron chi connectivity index (χ2n) is 7.60. The van der Waals surface area contributed by atoms with Gasteiger partial charge in [0.1, 0.15) is 5.00 Å². The Balaban J connectivity index is 1.63. The molecular weight excluding hydrogens is 535 g/mol. The lowest BCUT2D eigenvalue weighted by Crippen LogP contribution is -2.24. The van der Waals surface area contributed by atoms with E-state index < -0.39 is 0 Å². The maximum atomic E-state index is 13.2. The molecule has 0 radical (unpaired) electrons. The summed E-state index contributed by atoms with van der Waals surface area (Å²) in [5, 5.41) is 14.0. The van der Waals surface area contributed by atoms with Gasteiger partial charge in [-0.1, -0.05) is 30.3 Å². The number of aromatic hydroxyl groups is 1. The number of fused-ring (bicyclic) bond motifs is 1. The molecule has 0 saturated heterocycles. The fraction of sp³-hybridized carbons (Fsp3) is 0.280. The molecule has 3 aromatic rings. The van der Waals surface area contributed by atoms with Gasteiger partial charge >= 0.3 is 0 Å². The molecule has 0 saturated carbocycles. The number of hydrogen-bond donors (Lipinski definition) is 2. The van der Waals surface area contributed by atoms with Crippen LogP contribution in [-0.2, 0) is 19.4 Å². The van der Waals surface area contributed by atoms with Gasteiger partial charge in [0.05, 0.1) is 15.7 Å². The van der Waals surface area contributed by atoms with Gasteiger partial charge in [0.15, 0.2) is 11.5 Å². The Morgan fingerprint density at radius 3 is 2.81 bits per heavy atom. The van der Waals surface area contributed by atoms with Crippen LogP contribution in [0.15, 0.2) is 47.5 Å². The first-order valence-corrected chi connectivity index (χ1v) is 12.6. The topological polar surface area (TPSA) is 70.9 Å². The zero-order chi connectivity index (χ0) is 22.5. The van der Waals surface area contributed by atoms with E-state index in [4.69, 9.17) is 9.73 Å². The van der Waals surface area contributed by atoms with Crippen LogP contribution < -0.4 is 10.1 Å². The molecule has 0 unspecified atom stereocenters. The summed E-state index contributed by atoms with van der Waals surface area (Å²) in [6, 6.07) is 13.5. The van der Waals surface area contributed by atoms with Crippen molar-refractivity contribution in [2.45, 2.75) is 39.2 Å². The van der Waals surface area contributed by atoms with Gasteiger partial charge in [0.2, 0.25) is 0 Å². The van der Waals surface area contributed by atoms with E-state index in [-0.39, 0.29) is 11.7 Å². The van der Waals surface area contributed by atoms with Crippen molar-refractivity contribution in [3.05, 3.63) is 73.2 Å². The predicted molar refractivity (Wildman–Crippen MR) is 138 cm³/mol. The molecule has 32 heavy (non-hydrogen) atoms. The second kappa shape index (κ2) is 10.5. The number of carbonyl (C=O) groups is 1. The lowest BCUT2D eigenvalue weighted by atomic mass is 9.95. The van der Waals surface area contributed by atoms with Crippen LogP contribution in [0.4, 0.5) is 5.00 Å². The number of benzene rings is 2. The zero-order valence-electron chi connectivity index (χ0n) is 17.9. The van der Waals surface area contributed by atoms with Gasteiger partial charge in [-0.15, -0.1) is 11.3 Å². The Bertz CT molecular complexity index is 1140. The van der Waals surface area contributed by atoms with Crippen LogP contribution in [0.2, 0.25) is 0 Å². The average molecular weight is 560 g/mol. The van der Waals surface area contributed by atoms with Gasteiger partial charge in [0, 0.05) is 17.6 Å². The summed E-state index contributed by atoms with van der Waals surface area (Å²) in [7, 11) is 0. The zero-order valence-corrected chi connectivity index (χ0v) is 20.8. The van der Waals surface area contributed by atoms with E-state index in [0.717, 1.165) is 47.4 Å². The van der Waals surface area contributed by atoms with Crippen molar-refractivity contribution < 1.29 is 14.6 Å². The largest absolute Gasteiger partial charge is 0.504 e. The first kappa shape index (κ1) is 22.8. The smallest absolute Gasteiger partial charge is 0.254 e. The SMILES string of the molecule is CCOc1cc(C=Nc2sc3c(c2C(=O)NCc2ccccc2)CCCC3)cc(I)c1O. The number of aliphatic imine (C=N–C) groups is 1. The number of rotatable bonds is 7. The molecule has 0 spiro atoms. The Morgan fingerprint density at radius 1 is 1.25 bits per heavy atom. The number of thiophene rings is 1. The third kappa shape index (κ3) is 5.15. The molecule has 166 valence electrons. The Morgan fingerprint density at radius 2 is 2.03 bits per heavy atom. The van der Waals surface area contributed by atoms with Crippen molar-refractivity contribution >= 4 is 51.1 Å². The number of nitrogens with one attached hydrogen (secondary N) is 1. The quantitative estimate of drug-likeness (QED) is 0.275. The van der Waals surface area contributed by atoms with Crippen LogP contribution in [0.5, 0.6) is 11.5 Å². The van der Waals surface area contributed by atoms with Crippen LogP contribution in [0, 0.1) is 3.57 Å². The summed E-state index contributed by atoms with van der Waals surface area (Å²) >= 11 is 3.69. The van der Waals surface area contributed by atoms with Gasteiger partial charge < -0.3 is 15.2 Å². The number of phenolic OH excluding ortho intramolecular Hbond substituents is 1. The fourth-order valence-electron chi connectivity index (χ4n) is 3.81. The molecule has 1 heterocycles. The number of nitrogens with zero attached hydrogens (tertiary/aromatic N) is 1. The van der Waals surface area contributed by atoms with Crippen molar-refractivity contribution in [1.82, 2.24) is 5.32 Å². The second-order valence-corrected chi connectivity index (χ2v) is 9.85. The lowest BCUT2D eigenvalue weighted by Gasteiger charge is -2.13. The molecule has 4 rings (SSSR count). The Labute approximate surface area is 205 Å². The Kier molecular flexibility index (Phi) is 7.47.